The number of hydrogen-bond acceptors (Lipinski definition) is 4. The minimum absolute atomic E-state index is 0.574. The van der Waals surface area contributed by atoms with Crippen LogP contribution in [0, 0.1) is 0 Å². The first-order valence-electron chi connectivity index (χ1n) is 5.87. The predicted octanol–water partition coefficient (Wildman–Crippen LogP) is 1.52. The summed E-state index contributed by atoms with van der Waals surface area (Å²) in [5.74, 6) is 1.62. The van der Waals surface area contributed by atoms with Gasteiger partial charge in [0.1, 0.15) is 18.6 Å². The molecule has 0 amide bonds. The van der Waals surface area contributed by atoms with E-state index in [0.29, 0.717) is 6.54 Å². The zero-order chi connectivity index (χ0) is 13.1. The second kappa shape index (κ2) is 4.93. The summed E-state index contributed by atoms with van der Waals surface area (Å²) in [5, 5.41) is 12.3. The summed E-state index contributed by atoms with van der Waals surface area (Å²) in [6.45, 7) is 0.574. The Hall–Kier alpha value is -2.63. The predicted molar refractivity (Wildman–Crippen MR) is 69.2 cm³/mol. The van der Waals surface area contributed by atoms with Crippen LogP contribution in [0.5, 0.6) is 5.75 Å². The third-order valence-corrected chi connectivity index (χ3v) is 2.81. The maximum Gasteiger partial charge on any atom is 0.159 e. The summed E-state index contributed by atoms with van der Waals surface area (Å²) in [7, 11) is 1.65. The van der Waals surface area contributed by atoms with E-state index in [2.05, 4.69) is 15.3 Å². The average molecular weight is 255 g/mol. The summed E-state index contributed by atoms with van der Waals surface area (Å²) >= 11 is 0. The fraction of sp³-hybridized carbons (Fsp3) is 0.154. The van der Waals surface area contributed by atoms with Crippen molar-refractivity contribution in [2.45, 2.75) is 6.54 Å². The Morgan fingerprint density at radius 1 is 1.26 bits per heavy atom. The summed E-state index contributed by atoms with van der Waals surface area (Å²) in [5.41, 5.74) is 0.964. The fourth-order valence-corrected chi connectivity index (χ4v) is 1.88. The summed E-state index contributed by atoms with van der Waals surface area (Å²) in [4.78, 5) is 0. The van der Waals surface area contributed by atoms with E-state index in [0.717, 1.165) is 17.3 Å². The number of methoxy groups -OCH3 is 1. The number of hydrogen-bond donors (Lipinski definition) is 0. The fourth-order valence-electron chi connectivity index (χ4n) is 1.88. The molecule has 0 atom stereocenters. The zero-order valence-electron chi connectivity index (χ0n) is 10.5. The van der Waals surface area contributed by atoms with Crippen molar-refractivity contribution in [1.82, 2.24) is 24.5 Å². The first kappa shape index (κ1) is 11.5. The number of aromatic nitrogens is 5. The van der Waals surface area contributed by atoms with E-state index in [1.54, 1.807) is 24.3 Å². The molecule has 6 heteroatoms. The van der Waals surface area contributed by atoms with Gasteiger partial charge in [-0.25, -0.2) is 0 Å². The minimum Gasteiger partial charge on any atom is -0.497 e. The summed E-state index contributed by atoms with van der Waals surface area (Å²) in [6, 6.07) is 9.65. The van der Waals surface area contributed by atoms with Crippen LogP contribution in [0.2, 0.25) is 0 Å². The van der Waals surface area contributed by atoms with Crippen LogP contribution < -0.4 is 4.74 Å². The summed E-state index contributed by atoms with van der Waals surface area (Å²) < 4.78 is 8.95. The van der Waals surface area contributed by atoms with Crippen LogP contribution in [-0.4, -0.2) is 31.7 Å². The van der Waals surface area contributed by atoms with Gasteiger partial charge in [-0.3, -0.25) is 9.25 Å². The van der Waals surface area contributed by atoms with Gasteiger partial charge in [-0.15, -0.1) is 10.2 Å². The monoisotopic (exact) mass is 255 g/mol. The van der Waals surface area contributed by atoms with Gasteiger partial charge in [0.25, 0.3) is 0 Å². The SMILES string of the molecule is COc1cccc(-n2cnnc2Cn2cccn2)c1. The van der Waals surface area contributed by atoms with Crippen molar-refractivity contribution in [2.24, 2.45) is 0 Å². The molecule has 6 nitrogen and oxygen atoms in total. The molecule has 3 aromatic rings. The highest BCUT2D eigenvalue weighted by Gasteiger charge is 2.07. The molecule has 2 heterocycles. The maximum absolute atomic E-state index is 5.23. The highest BCUT2D eigenvalue weighted by molar-refractivity contribution is 5.39. The number of nitrogens with zero attached hydrogens (tertiary/aromatic N) is 5. The number of rotatable bonds is 4. The Morgan fingerprint density at radius 2 is 2.21 bits per heavy atom. The van der Waals surface area contributed by atoms with Gasteiger partial charge in [-0.2, -0.15) is 5.10 Å². The van der Waals surface area contributed by atoms with Gasteiger partial charge in [-0.1, -0.05) is 6.07 Å². The van der Waals surface area contributed by atoms with E-state index >= 15 is 0 Å². The lowest BCUT2D eigenvalue weighted by molar-refractivity contribution is 0.414. The molecule has 0 unspecified atom stereocenters. The van der Waals surface area contributed by atoms with E-state index in [1.807, 2.05) is 41.1 Å². The molecule has 0 aliphatic carbocycles. The Bertz CT molecular complexity index is 659. The Labute approximate surface area is 110 Å². The van der Waals surface area contributed by atoms with Gasteiger partial charge < -0.3 is 4.74 Å². The molecule has 0 spiro atoms. The first-order chi connectivity index (χ1) is 9.36. The lowest BCUT2D eigenvalue weighted by atomic mass is 10.3. The second-order valence-electron chi connectivity index (χ2n) is 4.02. The lowest BCUT2D eigenvalue weighted by Gasteiger charge is -2.08. The molecule has 2 aromatic heterocycles. The second-order valence-corrected chi connectivity index (χ2v) is 4.02. The zero-order valence-corrected chi connectivity index (χ0v) is 10.5. The van der Waals surface area contributed by atoms with E-state index in [4.69, 9.17) is 4.74 Å². The normalized spacial score (nSPS) is 10.6. The van der Waals surface area contributed by atoms with Gasteiger partial charge in [0.05, 0.1) is 12.8 Å². The molecule has 0 bridgehead atoms. The van der Waals surface area contributed by atoms with Gasteiger partial charge in [0, 0.05) is 18.5 Å². The number of benzene rings is 1. The summed E-state index contributed by atoms with van der Waals surface area (Å²) in [6.07, 6.45) is 5.32. The lowest BCUT2D eigenvalue weighted by Crippen LogP contribution is -2.07. The van der Waals surface area contributed by atoms with Crippen LogP contribution in [0.4, 0.5) is 0 Å². The van der Waals surface area contributed by atoms with E-state index in [-0.39, 0.29) is 0 Å². The van der Waals surface area contributed by atoms with E-state index in [1.165, 1.54) is 0 Å². The van der Waals surface area contributed by atoms with Crippen molar-refractivity contribution in [2.75, 3.05) is 7.11 Å². The smallest absolute Gasteiger partial charge is 0.159 e. The van der Waals surface area contributed by atoms with Gasteiger partial charge in [0.2, 0.25) is 0 Å². The Morgan fingerprint density at radius 3 is 3.00 bits per heavy atom. The quantitative estimate of drug-likeness (QED) is 0.709. The van der Waals surface area contributed by atoms with Crippen molar-refractivity contribution in [3.8, 4) is 11.4 Å². The van der Waals surface area contributed by atoms with Crippen LogP contribution in [0.15, 0.2) is 49.1 Å². The molecular weight excluding hydrogens is 242 g/mol. The first-order valence-corrected chi connectivity index (χ1v) is 5.87. The van der Waals surface area contributed by atoms with Crippen LogP contribution in [-0.2, 0) is 6.54 Å². The van der Waals surface area contributed by atoms with Crippen molar-refractivity contribution >= 4 is 0 Å². The molecule has 0 radical (unpaired) electrons. The third kappa shape index (κ3) is 2.33. The molecule has 0 aliphatic heterocycles. The van der Waals surface area contributed by atoms with Crippen LogP contribution in [0.1, 0.15) is 5.82 Å². The van der Waals surface area contributed by atoms with Gasteiger partial charge in [-0.05, 0) is 18.2 Å². The molecule has 1 aromatic carbocycles. The highest BCUT2D eigenvalue weighted by Crippen LogP contribution is 2.17. The maximum atomic E-state index is 5.23. The molecule has 0 N–H and O–H groups in total. The molecule has 0 saturated heterocycles. The van der Waals surface area contributed by atoms with Crippen molar-refractivity contribution in [3.63, 3.8) is 0 Å². The average Bonchev–Trinajstić information content (AvgIpc) is 3.11. The topological polar surface area (TPSA) is 57.8 Å². The Balaban J connectivity index is 1.94. The van der Waals surface area contributed by atoms with Gasteiger partial charge >= 0.3 is 0 Å². The molecular formula is C13H13N5O. The third-order valence-electron chi connectivity index (χ3n) is 2.81. The van der Waals surface area contributed by atoms with Crippen LogP contribution in [0.3, 0.4) is 0 Å². The van der Waals surface area contributed by atoms with Crippen LogP contribution in [0.25, 0.3) is 5.69 Å². The minimum atomic E-state index is 0.574. The van der Waals surface area contributed by atoms with Crippen molar-refractivity contribution in [3.05, 3.63) is 54.9 Å². The van der Waals surface area contributed by atoms with Crippen molar-refractivity contribution < 1.29 is 4.74 Å². The largest absolute Gasteiger partial charge is 0.497 e. The van der Waals surface area contributed by atoms with E-state index < -0.39 is 0 Å². The highest BCUT2D eigenvalue weighted by atomic mass is 16.5. The molecule has 0 fully saturated rings. The molecule has 3 rings (SSSR count). The standard InChI is InChI=1S/C13H13N5O/c1-19-12-5-2-4-11(8-12)18-10-14-16-13(18)9-17-7-3-6-15-17/h2-8,10H,9H2,1H3. The molecule has 19 heavy (non-hydrogen) atoms. The van der Waals surface area contributed by atoms with E-state index in [9.17, 15) is 0 Å². The number of ether oxygens (including phenoxy) is 1. The van der Waals surface area contributed by atoms with Crippen molar-refractivity contribution in [1.29, 1.82) is 0 Å². The molecule has 0 saturated carbocycles. The molecule has 96 valence electrons. The Kier molecular flexibility index (Phi) is 2.97. The molecule has 0 aliphatic rings. The van der Waals surface area contributed by atoms with Crippen LogP contribution >= 0.6 is 0 Å². The van der Waals surface area contributed by atoms with Gasteiger partial charge in [0.15, 0.2) is 5.82 Å².